The number of aromatic nitrogens is 4. The molecule has 0 bridgehead atoms. The Balaban J connectivity index is 1.33. The molecule has 55 heavy (non-hydrogen) atoms. The Labute approximate surface area is 317 Å². The van der Waals surface area contributed by atoms with Gasteiger partial charge < -0.3 is 4.98 Å². The van der Waals surface area contributed by atoms with Crippen LogP contribution in [0.25, 0.3) is 110 Å². The summed E-state index contributed by atoms with van der Waals surface area (Å²) in [6, 6.07) is 66.8. The Kier molecular flexibility index (Phi) is 7.14. The summed E-state index contributed by atoms with van der Waals surface area (Å²) in [5.41, 5.74) is 12.0. The number of benzene rings is 9. The van der Waals surface area contributed by atoms with Crippen LogP contribution in [0.5, 0.6) is 0 Å². The van der Waals surface area contributed by atoms with Gasteiger partial charge in [0, 0.05) is 33.0 Å². The van der Waals surface area contributed by atoms with Gasteiger partial charge in [0.05, 0.1) is 5.52 Å². The van der Waals surface area contributed by atoms with Gasteiger partial charge >= 0.3 is 0 Å². The Morgan fingerprint density at radius 2 is 0.836 bits per heavy atom. The summed E-state index contributed by atoms with van der Waals surface area (Å²) in [6.07, 6.45) is 0. The molecule has 1 N–H and O–H groups in total. The maximum atomic E-state index is 5.06. The van der Waals surface area contributed by atoms with Crippen molar-refractivity contribution in [2.75, 3.05) is 0 Å². The molecule has 0 saturated carbocycles. The molecule has 4 nitrogen and oxygen atoms in total. The van der Waals surface area contributed by atoms with Crippen molar-refractivity contribution in [2.24, 2.45) is 0 Å². The molecule has 0 aliphatic carbocycles. The molecule has 11 aromatic rings. The maximum Gasteiger partial charge on any atom is 0.108 e. The van der Waals surface area contributed by atoms with E-state index >= 15 is 0 Å². The Bertz CT molecular complexity index is 3210. The SMILES string of the molecule is c1ccc(-c2ccccc2-c2c(-c3ccccc3)nnnc2-c2c(-c3cccc4c5ccccc5c5ccccc5c34)ccc3c2[nH]c2ccccc23)cc1. The molecule has 0 aliphatic heterocycles. The lowest BCUT2D eigenvalue weighted by molar-refractivity contribution is 0.879. The molecule has 4 heteroatoms. The van der Waals surface area contributed by atoms with Gasteiger partial charge in [0.15, 0.2) is 0 Å². The third-order valence-electron chi connectivity index (χ3n) is 11.1. The normalized spacial score (nSPS) is 11.6. The molecule has 256 valence electrons. The highest BCUT2D eigenvalue weighted by Gasteiger charge is 2.26. The fraction of sp³-hybridized carbons (Fsp3) is 0. The first-order chi connectivity index (χ1) is 27.3. The highest BCUT2D eigenvalue weighted by Crippen LogP contribution is 2.49. The first-order valence-electron chi connectivity index (χ1n) is 18.6. The van der Waals surface area contributed by atoms with Crippen LogP contribution in [0.15, 0.2) is 188 Å². The lowest BCUT2D eigenvalue weighted by Gasteiger charge is -2.20. The first kappa shape index (κ1) is 31.1. The second-order valence-electron chi connectivity index (χ2n) is 14.0. The van der Waals surface area contributed by atoms with Crippen LogP contribution in [-0.4, -0.2) is 20.4 Å². The summed E-state index contributed by atoms with van der Waals surface area (Å²) in [7, 11) is 0. The summed E-state index contributed by atoms with van der Waals surface area (Å²) in [6.45, 7) is 0. The average Bonchev–Trinajstić information content (AvgIpc) is 3.65. The van der Waals surface area contributed by atoms with Crippen LogP contribution in [0.4, 0.5) is 0 Å². The number of rotatable bonds is 5. The molecule has 0 aliphatic rings. The van der Waals surface area contributed by atoms with Crippen LogP contribution in [0.2, 0.25) is 0 Å². The van der Waals surface area contributed by atoms with Crippen molar-refractivity contribution in [3.63, 3.8) is 0 Å². The Morgan fingerprint density at radius 3 is 1.56 bits per heavy atom. The average molecular weight is 701 g/mol. The van der Waals surface area contributed by atoms with Gasteiger partial charge in [-0.05, 0) is 71.4 Å². The molecule has 0 radical (unpaired) electrons. The predicted molar refractivity (Wildman–Crippen MR) is 229 cm³/mol. The van der Waals surface area contributed by atoms with Gasteiger partial charge in [0.25, 0.3) is 0 Å². The molecule has 2 heterocycles. The van der Waals surface area contributed by atoms with Crippen molar-refractivity contribution in [1.29, 1.82) is 0 Å². The van der Waals surface area contributed by atoms with E-state index in [-0.39, 0.29) is 0 Å². The largest absolute Gasteiger partial charge is 0.354 e. The number of hydrogen-bond acceptors (Lipinski definition) is 3. The van der Waals surface area contributed by atoms with Gasteiger partial charge in [-0.3, -0.25) is 0 Å². The number of fused-ring (bicyclic) bond motifs is 9. The number of aromatic amines is 1. The molecule has 0 amide bonds. The van der Waals surface area contributed by atoms with Crippen molar-refractivity contribution in [3.8, 4) is 55.9 Å². The maximum absolute atomic E-state index is 5.06. The fourth-order valence-electron chi connectivity index (χ4n) is 8.69. The van der Waals surface area contributed by atoms with Crippen LogP contribution in [-0.2, 0) is 0 Å². The summed E-state index contributed by atoms with van der Waals surface area (Å²) >= 11 is 0. The first-order valence-corrected chi connectivity index (χ1v) is 18.6. The molecule has 0 unspecified atom stereocenters. The zero-order valence-corrected chi connectivity index (χ0v) is 29.7. The van der Waals surface area contributed by atoms with Crippen LogP contribution >= 0.6 is 0 Å². The quantitative estimate of drug-likeness (QED) is 0.182. The van der Waals surface area contributed by atoms with Gasteiger partial charge in [-0.15, -0.1) is 10.2 Å². The van der Waals surface area contributed by atoms with E-state index in [9.17, 15) is 0 Å². The molecular formula is C51H32N4. The van der Waals surface area contributed by atoms with Gasteiger partial charge in [0.1, 0.15) is 11.4 Å². The number of para-hydroxylation sites is 1. The summed E-state index contributed by atoms with van der Waals surface area (Å²) < 4.78 is 0. The van der Waals surface area contributed by atoms with Crippen molar-refractivity contribution in [3.05, 3.63) is 188 Å². The van der Waals surface area contributed by atoms with Crippen molar-refractivity contribution in [2.45, 2.75) is 0 Å². The second kappa shape index (κ2) is 12.6. The third-order valence-corrected chi connectivity index (χ3v) is 11.1. The molecule has 2 aromatic heterocycles. The number of nitrogens with zero attached hydrogens (tertiary/aromatic N) is 3. The van der Waals surface area contributed by atoms with Crippen LogP contribution < -0.4 is 0 Å². The van der Waals surface area contributed by atoms with Crippen LogP contribution in [0, 0.1) is 0 Å². The molecular weight excluding hydrogens is 669 g/mol. The van der Waals surface area contributed by atoms with E-state index in [1.807, 2.05) is 6.07 Å². The van der Waals surface area contributed by atoms with E-state index in [4.69, 9.17) is 10.2 Å². The van der Waals surface area contributed by atoms with E-state index in [2.05, 4.69) is 192 Å². The van der Waals surface area contributed by atoms with E-state index < -0.39 is 0 Å². The van der Waals surface area contributed by atoms with Gasteiger partial charge in [-0.25, -0.2) is 0 Å². The Morgan fingerprint density at radius 1 is 0.309 bits per heavy atom. The highest BCUT2D eigenvalue weighted by atomic mass is 15.3. The number of hydrogen-bond donors (Lipinski definition) is 1. The number of nitrogens with one attached hydrogen (secondary N) is 1. The molecule has 11 rings (SSSR count). The van der Waals surface area contributed by atoms with E-state index in [1.54, 1.807) is 0 Å². The third kappa shape index (κ3) is 4.89. The van der Waals surface area contributed by atoms with Gasteiger partial charge in [-0.2, -0.15) is 0 Å². The smallest absolute Gasteiger partial charge is 0.108 e. The van der Waals surface area contributed by atoms with E-state index in [1.165, 1.54) is 32.3 Å². The van der Waals surface area contributed by atoms with Crippen LogP contribution in [0.1, 0.15) is 0 Å². The van der Waals surface area contributed by atoms with Gasteiger partial charge in [0.2, 0.25) is 0 Å². The molecule has 0 atom stereocenters. The second-order valence-corrected chi connectivity index (χ2v) is 14.0. The minimum atomic E-state index is 0.770. The lowest BCUT2D eigenvalue weighted by Crippen LogP contribution is -2.03. The molecule has 9 aromatic carbocycles. The Hall–Kier alpha value is -7.43. The zero-order valence-electron chi connectivity index (χ0n) is 29.7. The van der Waals surface area contributed by atoms with Crippen molar-refractivity contribution >= 4 is 54.1 Å². The topological polar surface area (TPSA) is 54.5 Å². The highest BCUT2D eigenvalue weighted by molar-refractivity contribution is 6.29. The van der Waals surface area contributed by atoms with Crippen molar-refractivity contribution in [1.82, 2.24) is 20.4 Å². The summed E-state index contributed by atoms with van der Waals surface area (Å²) in [5, 5.41) is 24.1. The standard InChI is InChI=1S/C51H32N4/c1-3-16-32(17-4-1)34-20-7-11-25-39(34)47-49(33-18-5-2-6-19-33)53-55-54-51(47)48-43(30-31-44-38-24-13-14-29-45(38)52-50(44)48)42-28-15-27-41-37-22-9-8-21-35(37)36-23-10-12-26-40(36)46(41)42/h1-31,52H. The van der Waals surface area contributed by atoms with Crippen LogP contribution in [0.3, 0.4) is 0 Å². The molecule has 0 spiro atoms. The number of H-pyrrole nitrogens is 1. The van der Waals surface area contributed by atoms with E-state index in [0.29, 0.717) is 0 Å². The summed E-state index contributed by atoms with van der Waals surface area (Å²) in [5.74, 6) is 0. The van der Waals surface area contributed by atoms with E-state index in [0.717, 1.165) is 77.7 Å². The molecule has 0 saturated heterocycles. The minimum absolute atomic E-state index is 0.770. The summed E-state index contributed by atoms with van der Waals surface area (Å²) in [4.78, 5) is 3.87. The fourth-order valence-corrected chi connectivity index (χ4v) is 8.69. The lowest BCUT2D eigenvalue weighted by atomic mass is 9.84. The molecule has 0 fully saturated rings. The zero-order chi connectivity index (χ0) is 36.3. The monoisotopic (exact) mass is 700 g/mol. The van der Waals surface area contributed by atoms with Gasteiger partial charge in [-0.1, -0.05) is 182 Å². The predicted octanol–water partition coefficient (Wildman–Crippen LogP) is 13.3. The minimum Gasteiger partial charge on any atom is -0.354 e. The van der Waals surface area contributed by atoms with Crippen molar-refractivity contribution < 1.29 is 0 Å².